The Kier molecular flexibility index (Phi) is 5.60. The molecule has 0 radical (unpaired) electrons. The predicted molar refractivity (Wildman–Crippen MR) is 85.4 cm³/mol. The summed E-state index contributed by atoms with van der Waals surface area (Å²) in [7, 11) is 0. The Morgan fingerprint density at radius 3 is 2.75 bits per heavy atom. The van der Waals surface area contributed by atoms with Gasteiger partial charge in [0, 0.05) is 19.6 Å². The lowest BCUT2D eigenvalue weighted by atomic mass is 9.97. The van der Waals surface area contributed by atoms with Crippen molar-refractivity contribution in [3.05, 3.63) is 21.0 Å². The molecule has 0 atom stereocenters. The van der Waals surface area contributed by atoms with Crippen LogP contribution in [0, 0.1) is 5.92 Å². The Bertz CT molecular complexity index is 496. The number of aryl methyl sites for hydroxylation is 1. The van der Waals surface area contributed by atoms with Gasteiger partial charge in [-0.3, -0.25) is 4.79 Å². The summed E-state index contributed by atoms with van der Waals surface area (Å²) in [6.45, 7) is 8.72. The number of nitrogens with zero attached hydrogens (tertiary/aromatic N) is 3. The average Bonchev–Trinajstić information content (AvgIpc) is 2.49. The van der Waals surface area contributed by atoms with E-state index in [-0.39, 0.29) is 5.56 Å². The van der Waals surface area contributed by atoms with Gasteiger partial charge < -0.3 is 10.2 Å². The number of piperidine rings is 1. The summed E-state index contributed by atoms with van der Waals surface area (Å²) in [6, 6.07) is 0. The molecular weight excluding hydrogens is 320 g/mol. The van der Waals surface area contributed by atoms with Crippen molar-refractivity contribution < 1.29 is 0 Å². The Morgan fingerprint density at radius 1 is 1.45 bits per heavy atom. The van der Waals surface area contributed by atoms with Gasteiger partial charge in [0.05, 0.1) is 11.9 Å². The highest BCUT2D eigenvalue weighted by Crippen LogP contribution is 2.24. The Hall–Kier alpha value is -0.880. The number of rotatable bonds is 5. The Labute approximate surface area is 128 Å². The molecule has 6 heteroatoms. The number of anilines is 1. The van der Waals surface area contributed by atoms with E-state index in [1.54, 1.807) is 6.20 Å². The van der Waals surface area contributed by atoms with Crippen LogP contribution in [-0.4, -0.2) is 36.0 Å². The molecule has 0 aliphatic carbocycles. The fourth-order valence-electron chi connectivity index (χ4n) is 2.68. The molecule has 1 aromatic heterocycles. The molecular formula is C14H23BrN4O. The van der Waals surface area contributed by atoms with Crippen molar-refractivity contribution >= 4 is 21.6 Å². The number of aromatic nitrogens is 2. The zero-order valence-electron chi connectivity index (χ0n) is 12.2. The summed E-state index contributed by atoms with van der Waals surface area (Å²) in [6.07, 6.45) is 4.21. The summed E-state index contributed by atoms with van der Waals surface area (Å²) in [5.41, 5.74) is 0.870. The lowest BCUT2D eigenvalue weighted by Gasteiger charge is -2.31. The van der Waals surface area contributed by atoms with Crippen LogP contribution in [0.5, 0.6) is 0 Å². The molecule has 0 aromatic carbocycles. The first-order chi connectivity index (χ1) is 9.67. The molecule has 1 N–H and O–H groups in total. The van der Waals surface area contributed by atoms with Crippen LogP contribution in [0.1, 0.15) is 26.7 Å². The van der Waals surface area contributed by atoms with Gasteiger partial charge in [-0.15, -0.1) is 0 Å². The highest BCUT2D eigenvalue weighted by Gasteiger charge is 2.19. The van der Waals surface area contributed by atoms with Gasteiger partial charge in [-0.1, -0.05) is 0 Å². The lowest BCUT2D eigenvalue weighted by molar-refractivity contribution is 0.374. The maximum Gasteiger partial charge on any atom is 0.283 e. The molecule has 0 saturated carbocycles. The average molecular weight is 343 g/mol. The third-order valence-corrected chi connectivity index (χ3v) is 4.67. The van der Waals surface area contributed by atoms with Crippen LogP contribution in [0.2, 0.25) is 0 Å². The van der Waals surface area contributed by atoms with E-state index in [9.17, 15) is 4.79 Å². The molecule has 5 nitrogen and oxygen atoms in total. The molecule has 1 aliphatic heterocycles. The number of hydrogen-bond donors (Lipinski definition) is 1. The van der Waals surface area contributed by atoms with Crippen LogP contribution in [0.4, 0.5) is 5.69 Å². The summed E-state index contributed by atoms with van der Waals surface area (Å²) >= 11 is 3.45. The smallest absolute Gasteiger partial charge is 0.283 e. The Morgan fingerprint density at radius 2 is 2.15 bits per heavy atom. The number of halogens is 1. The second kappa shape index (κ2) is 7.22. The van der Waals surface area contributed by atoms with Crippen LogP contribution < -0.4 is 15.8 Å². The molecule has 20 heavy (non-hydrogen) atoms. The van der Waals surface area contributed by atoms with Gasteiger partial charge in [0.1, 0.15) is 4.47 Å². The van der Waals surface area contributed by atoms with Crippen molar-refractivity contribution in [2.75, 3.05) is 31.1 Å². The first-order valence-electron chi connectivity index (χ1n) is 7.38. The molecule has 2 rings (SSSR count). The normalized spacial score (nSPS) is 16.4. The highest BCUT2D eigenvalue weighted by molar-refractivity contribution is 9.10. The molecule has 0 spiro atoms. The van der Waals surface area contributed by atoms with Crippen LogP contribution in [0.15, 0.2) is 15.5 Å². The fourth-order valence-corrected chi connectivity index (χ4v) is 3.23. The number of hydrogen-bond acceptors (Lipinski definition) is 4. The monoisotopic (exact) mass is 342 g/mol. The molecule has 2 heterocycles. The third kappa shape index (κ3) is 3.41. The first-order valence-corrected chi connectivity index (χ1v) is 8.17. The van der Waals surface area contributed by atoms with Gasteiger partial charge in [0.25, 0.3) is 5.56 Å². The summed E-state index contributed by atoms with van der Waals surface area (Å²) in [5, 5.41) is 7.63. The Balaban J connectivity index is 2.18. The van der Waals surface area contributed by atoms with Gasteiger partial charge in [-0.25, -0.2) is 4.68 Å². The van der Waals surface area contributed by atoms with E-state index >= 15 is 0 Å². The van der Waals surface area contributed by atoms with Gasteiger partial charge in [-0.05, 0) is 61.6 Å². The molecule has 1 aliphatic rings. The highest BCUT2D eigenvalue weighted by atomic mass is 79.9. The molecule has 0 unspecified atom stereocenters. The van der Waals surface area contributed by atoms with Gasteiger partial charge in [-0.2, -0.15) is 5.10 Å². The SMILES string of the molecule is CCN(CC1CCNCC1)c1cnn(CC)c(=O)c1Br. The maximum absolute atomic E-state index is 12.2. The minimum Gasteiger partial charge on any atom is -0.369 e. The summed E-state index contributed by atoms with van der Waals surface area (Å²) in [5.74, 6) is 0.691. The fraction of sp³-hybridized carbons (Fsp3) is 0.714. The molecule has 1 saturated heterocycles. The van der Waals surface area contributed by atoms with Crippen LogP contribution in [-0.2, 0) is 6.54 Å². The van der Waals surface area contributed by atoms with Crippen molar-refractivity contribution in [1.29, 1.82) is 0 Å². The van der Waals surface area contributed by atoms with E-state index in [0.29, 0.717) is 16.9 Å². The molecule has 0 amide bonds. The second-order valence-electron chi connectivity index (χ2n) is 5.20. The molecule has 112 valence electrons. The minimum atomic E-state index is -0.0474. The van der Waals surface area contributed by atoms with Crippen molar-refractivity contribution in [3.8, 4) is 0 Å². The van der Waals surface area contributed by atoms with Crippen LogP contribution in [0.3, 0.4) is 0 Å². The molecule has 1 aromatic rings. The van der Waals surface area contributed by atoms with Crippen molar-refractivity contribution in [3.63, 3.8) is 0 Å². The van der Waals surface area contributed by atoms with E-state index in [4.69, 9.17) is 0 Å². The third-order valence-electron chi connectivity index (χ3n) is 3.93. The van der Waals surface area contributed by atoms with Crippen molar-refractivity contribution in [2.45, 2.75) is 33.2 Å². The van der Waals surface area contributed by atoms with Crippen molar-refractivity contribution in [2.24, 2.45) is 5.92 Å². The minimum absolute atomic E-state index is 0.0474. The zero-order chi connectivity index (χ0) is 14.5. The first kappa shape index (κ1) is 15.5. The van der Waals surface area contributed by atoms with Crippen LogP contribution >= 0.6 is 15.9 Å². The lowest BCUT2D eigenvalue weighted by Crippen LogP contribution is -2.37. The van der Waals surface area contributed by atoms with E-state index in [1.165, 1.54) is 17.5 Å². The number of nitrogens with one attached hydrogen (secondary N) is 1. The van der Waals surface area contributed by atoms with Gasteiger partial charge in [0.2, 0.25) is 0 Å². The van der Waals surface area contributed by atoms with Gasteiger partial charge >= 0.3 is 0 Å². The molecule has 0 bridgehead atoms. The van der Waals surface area contributed by atoms with Gasteiger partial charge in [0.15, 0.2) is 0 Å². The topological polar surface area (TPSA) is 50.2 Å². The zero-order valence-corrected chi connectivity index (χ0v) is 13.8. The van der Waals surface area contributed by atoms with Crippen LogP contribution in [0.25, 0.3) is 0 Å². The summed E-state index contributed by atoms with van der Waals surface area (Å²) < 4.78 is 2.11. The summed E-state index contributed by atoms with van der Waals surface area (Å²) in [4.78, 5) is 14.4. The van der Waals surface area contributed by atoms with E-state index in [2.05, 4.69) is 38.2 Å². The van der Waals surface area contributed by atoms with E-state index < -0.39 is 0 Å². The van der Waals surface area contributed by atoms with Crippen molar-refractivity contribution in [1.82, 2.24) is 15.1 Å². The van der Waals surface area contributed by atoms with E-state index in [1.807, 2.05) is 6.92 Å². The predicted octanol–water partition coefficient (Wildman–Crippen LogP) is 1.85. The molecule has 1 fully saturated rings. The van der Waals surface area contributed by atoms with E-state index in [0.717, 1.165) is 31.9 Å². The quantitative estimate of drug-likeness (QED) is 0.887. The largest absolute Gasteiger partial charge is 0.369 e. The maximum atomic E-state index is 12.2. The second-order valence-corrected chi connectivity index (χ2v) is 5.99. The standard InChI is InChI=1S/C14H23BrN4O/c1-3-18(10-11-5-7-16-8-6-11)12-9-17-19(4-2)14(20)13(12)15/h9,11,16H,3-8,10H2,1-2H3.